The Labute approximate surface area is 100 Å². The van der Waals surface area contributed by atoms with E-state index in [9.17, 15) is 14.5 Å². The Bertz CT molecular complexity index is 360. The van der Waals surface area contributed by atoms with Crippen molar-refractivity contribution in [1.29, 1.82) is 0 Å². The maximum atomic E-state index is 11.4. The predicted octanol–water partition coefficient (Wildman–Crippen LogP) is -3.29. The molecule has 1 aliphatic heterocycles. The maximum absolute atomic E-state index is 11.4. The largest absolute Gasteiger partial charge is 0.538 e. The molecule has 0 spiro atoms. The molecule has 0 aromatic carbocycles. The third-order valence-electron chi connectivity index (χ3n) is 2.35. The van der Waals surface area contributed by atoms with Crippen LogP contribution in [0.5, 0.6) is 0 Å². The molecule has 0 aromatic rings. The number of aliphatic hydroxyl groups excluding tert-OH is 3. The van der Waals surface area contributed by atoms with E-state index >= 15 is 0 Å². The number of nitrogens with one attached hydrogen (secondary N) is 1. The van der Waals surface area contributed by atoms with Crippen LogP contribution in [0.2, 0.25) is 0 Å². The minimum atomic E-state index is -2.18. The van der Waals surface area contributed by atoms with Gasteiger partial charge in [-0.2, -0.15) is 9.69 Å². The fraction of sp³-hybridized carbons (Fsp3) is 0.714. The van der Waals surface area contributed by atoms with Crippen LogP contribution in [0.15, 0.2) is 0 Å². The monoisotopic (exact) mass is 265 g/mol. The van der Waals surface area contributed by atoms with Crippen molar-refractivity contribution in [2.75, 3.05) is 20.0 Å². The van der Waals surface area contributed by atoms with Crippen LogP contribution in [0.4, 0.5) is 9.59 Å². The second kappa shape index (κ2) is 5.68. The van der Waals surface area contributed by atoms with Gasteiger partial charge >= 0.3 is 18.5 Å². The van der Waals surface area contributed by atoms with Crippen LogP contribution >= 0.6 is 0 Å². The van der Waals surface area contributed by atoms with E-state index in [4.69, 9.17) is 20.4 Å². The van der Waals surface area contributed by atoms with E-state index in [1.807, 2.05) is 5.32 Å². The van der Waals surface area contributed by atoms with Crippen molar-refractivity contribution in [1.82, 2.24) is 15.1 Å². The number of amides is 4. The molecule has 5 N–H and O–H groups in total. The van der Waals surface area contributed by atoms with Crippen molar-refractivity contribution in [3.8, 4) is 0 Å². The molecule has 102 valence electrons. The molecule has 0 aliphatic carbocycles. The molecular formula is C7H13N4O7+. The third kappa shape index (κ3) is 2.53. The summed E-state index contributed by atoms with van der Waals surface area (Å²) < 4.78 is -0.174. The van der Waals surface area contributed by atoms with Gasteiger partial charge in [0.1, 0.15) is 13.5 Å². The van der Waals surface area contributed by atoms with Crippen molar-refractivity contribution < 1.29 is 34.8 Å². The fourth-order valence-electron chi connectivity index (χ4n) is 1.46. The van der Waals surface area contributed by atoms with Gasteiger partial charge in [-0.05, 0) is 0 Å². The van der Waals surface area contributed by atoms with Crippen LogP contribution in [0.3, 0.4) is 0 Å². The predicted molar refractivity (Wildman–Crippen MR) is 52.3 cm³/mol. The van der Waals surface area contributed by atoms with E-state index in [0.29, 0.717) is 9.80 Å². The van der Waals surface area contributed by atoms with Crippen molar-refractivity contribution in [2.45, 2.75) is 12.6 Å². The molecule has 18 heavy (non-hydrogen) atoms. The maximum Gasteiger partial charge on any atom is 0.538 e. The number of nitroso groups, excluding NO2 is 1. The molecule has 1 unspecified atom stereocenters. The summed E-state index contributed by atoms with van der Waals surface area (Å²) in [5.74, 6) is 0. The molecule has 1 fully saturated rings. The first kappa shape index (κ1) is 14.2. The second-order valence-corrected chi connectivity index (χ2v) is 3.34. The first-order chi connectivity index (χ1) is 8.43. The smallest absolute Gasteiger partial charge is 0.376 e. The lowest BCUT2D eigenvalue weighted by molar-refractivity contribution is -0.501. The summed E-state index contributed by atoms with van der Waals surface area (Å²) in [4.78, 5) is 35.1. The number of nitrogens with zero attached hydrogens (tertiary/aromatic N) is 3. The molecule has 0 radical (unpaired) electrons. The molecule has 11 nitrogen and oxygen atoms in total. The average Bonchev–Trinajstić information content (AvgIpc) is 2.59. The number of hydrogen-bond acceptors (Lipinski definition) is 7. The first-order valence-corrected chi connectivity index (χ1v) is 4.83. The Morgan fingerprint density at radius 2 is 2.17 bits per heavy atom. The summed E-state index contributed by atoms with van der Waals surface area (Å²) in [6.45, 7) is -2.10. The quantitative estimate of drug-likeness (QED) is 0.263. The summed E-state index contributed by atoms with van der Waals surface area (Å²) in [7, 11) is 0. The summed E-state index contributed by atoms with van der Waals surface area (Å²) in [5, 5.41) is 37.0. The third-order valence-corrected chi connectivity index (χ3v) is 2.35. The van der Waals surface area contributed by atoms with Crippen LogP contribution in [0, 0.1) is 4.91 Å². The number of urea groups is 2. The zero-order valence-electron chi connectivity index (χ0n) is 9.13. The van der Waals surface area contributed by atoms with Crippen LogP contribution in [0.1, 0.15) is 0 Å². The molecule has 0 aromatic heterocycles. The summed E-state index contributed by atoms with van der Waals surface area (Å²) in [6, 6.07) is -2.22. The number of aliphatic hydroxyl groups is 4. The Balaban J connectivity index is 2.85. The van der Waals surface area contributed by atoms with Crippen molar-refractivity contribution in [2.24, 2.45) is 0 Å². The number of hydrogen-bond donors (Lipinski definition) is 5. The topological polar surface area (TPSA) is 154 Å². The van der Waals surface area contributed by atoms with Crippen molar-refractivity contribution >= 4 is 12.1 Å². The zero-order valence-corrected chi connectivity index (χ0v) is 9.13. The summed E-state index contributed by atoms with van der Waals surface area (Å²) in [5.41, 5.74) is 0. The number of rotatable bonds is 4. The highest BCUT2D eigenvalue weighted by Gasteiger charge is 2.53. The van der Waals surface area contributed by atoms with Gasteiger partial charge in [0.15, 0.2) is 6.54 Å². The summed E-state index contributed by atoms with van der Waals surface area (Å²) >= 11 is 0. The van der Waals surface area contributed by atoms with E-state index in [0.717, 1.165) is 0 Å². The van der Waals surface area contributed by atoms with Crippen LogP contribution in [-0.2, 0) is 0 Å². The minimum Gasteiger partial charge on any atom is -0.376 e. The molecular weight excluding hydrogens is 252 g/mol. The van der Waals surface area contributed by atoms with Crippen LogP contribution in [-0.4, -0.2) is 79.6 Å². The van der Waals surface area contributed by atoms with Crippen LogP contribution < -0.4 is 5.32 Å². The van der Waals surface area contributed by atoms with E-state index < -0.39 is 44.6 Å². The van der Waals surface area contributed by atoms with Gasteiger partial charge in [0.05, 0.1) is 0 Å². The molecule has 1 saturated heterocycles. The minimum absolute atomic E-state index is 0.174. The highest BCUT2D eigenvalue weighted by molar-refractivity contribution is 5.75. The van der Waals surface area contributed by atoms with Gasteiger partial charge in [-0.25, -0.2) is 4.79 Å². The Hall–Kier alpha value is -1.82. The highest BCUT2D eigenvalue weighted by atomic mass is 16.5. The van der Waals surface area contributed by atoms with E-state index in [1.54, 1.807) is 0 Å². The number of carbonyl (C=O) groups excluding carboxylic acids is 2. The molecule has 1 rings (SSSR count). The number of carbonyl (C=O) groups is 2. The van der Waals surface area contributed by atoms with Gasteiger partial charge in [-0.15, -0.1) is 0 Å². The second-order valence-electron chi connectivity index (χ2n) is 3.34. The van der Waals surface area contributed by atoms with E-state index in [-0.39, 0.29) is 4.76 Å². The Morgan fingerprint density at radius 1 is 1.56 bits per heavy atom. The lowest BCUT2D eigenvalue weighted by Gasteiger charge is -2.21. The Morgan fingerprint density at radius 3 is 2.56 bits per heavy atom. The summed E-state index contributed by atoms with van der Waals surface area (Å²) in [6.07, 6.45) is -3.60. The first-order valence-electron chi connectivity index (χ1n) is 4.83. The van der Waals surface area contributed by atoms with Gasteiger partial charge in [0, 0.05) is 4.76 Å². The van der Waals surface area contributed by atoms with Gasteiger partial charge < -0.3 is 25.7 Å². The zero-order chi connectivity index (χ0) is 13.9. The van der Waals surface area contributed by atoms with E-state index in [1.165, 1.54) is 0 Å². The molecule has 1 atom stereocenters. The molecule has 4 amide bonds. The molecule has 0 saturated carbocycles. The van der Waals surface area contributed by atoms with Gasteiger partial charge in [0.2, 0.25) is 0 Å². The molecule has 1 heterocycles. The molecule has 11 heteroatoms. The normalized spacial score (nSPS) is 19.6. The average molecular weight is 265 g/mol. The van der Waals surface area contributed by atoms with Gasteiger partial charge in [-0.3, -0.25) is 4.90 Å². The highest BCUT2D eigenvalue weighted by Crippen LogP contribution is 2.15. The van der Waals surface area contributed by atoms with Crippen molar-refractivity contribution in [3.63, 3.8) is 0 Å². The van der Waals surface area contributed by atoms with Crippen molar-refractivity contribution in [3.05, 3.63) is 4.91 Å². The molecule has 1 aliphatic rings. The molecule has 0 bridgehead atoms. The fourth-order valence-corrected chi connectivity index (χ4v) is 1.46. The Kier molecular flexibility index (Phi) is 4.49. The van der Waals surface area contributed by atoms with Gasteiger partial charge in [-0.1, -0.05) is 4.91 Å². The van der Waals surface area contributed by atoms with Crippen LogP contribution in [0.25, 0.3) is 0 Å². The standard InChI is InChI=1S/C7H12N4O7/c12-2-8-5(14)10(3-13)4-1-9(7(16)17)6(15)11(4)18/h4,7,12-13,16-17H,1-3H2/p+1. The lowest BCUT2D eigenvalue weighted by Crippen LogP contribution is -2.51. The van der Waals surface area contributed by atoms with Gasteiger partial charge in [0.25, 0.3) is 6.17 Å². The van der Waals surface area contributed by atoms with E-state index in [2.05, 4.69) is 0 Å². The lowest BCUT2D eigenvalue weighted by atomic mass is 10.4. The SMILES string of the molecule is O=C(NCO)N(CO)C1CN(C(O)O)C(=O)[N+]1=O.